The monoisotopic (exact) mass is 288 g/mol. The maximum Gasteiger partial charge on any atom is 0.230 e. The molecule has 1 heterocycles. The minimum absolute atomic E-state index is 0.102. The summed E-state index contributed by atoms with van der Waals surface area (Å²) in [5.41, 5.74) is 5.95. The van der Waals surface area contributed by atoms with Gasteiger partial charge in [-0.1, -0.05) is 36.0 Å². The molecule has 1 aliphatic rings. The second kappa shape index (κ2) is 5.82. The van der Waals surface area contributed by atoms with Gasteiger partial charge in [0.15, 0.2) is 11.0 Å². The van der Waals surface area contributed by atoms with E-state index in [9.17, 15) is 4.79 Å². The van der Waals surface area contributed by atoms with E-state index in [2.05, 4.69) is 15.3 Å². The first-order chi connectivity index (χ1) is 8.59. The van der Waals surface area contributed by atoms with Crippen LogP contribution < -0.4 is 11.1 Å². The van der Waals surface area contributed by atoms with Crippen LogP contribution in [0.5, 0.6) is 0 Å². The van der Waals surface area contributed by atoms with Crippen LogP contribution in [0, 0.1) is 5.92 Å². The normalized spacial score (nSPS) is 23.7. The van der Waals surface area contributed by atoms with Crippen molar-refractivity contribution < 1.29 is 4.79 Å². The lowest BCUT2D eigenvalue weighted by molar-refractivity contribution is -0.121. The molecular formula is C11H14Cl2N4O. The highest BCUT2D eigenvalue weighted by molar-refractivity contribution is 6.42. The predicted molar refractivity (Wildman–Crippen MR) is 70.6 cm³/mol. The summed E-state index contributed by atoms with van der Waals surface area (Å²) in [5, 5.41) is 2.93. The van der Waals surface area contributed by atoms with E-state index in [-0.39, 0.29) is 33.9 Å². The molecule has 0 radical (unpaired) electrons. The summed E-state index contributed by atoms with van der Waals surface area (Å²) in [5.74, 6) is -0.109. The van der Waals surface area contributed by atoms with Crippen LogP contribution >= 0.6 is 23.2 Å². The van der Waals surface area contributed by atoms with Crippen LogP contribution in [0.25, 0.3) is 0 Å². The number of hydrogen-bond donors (Lipinski definition) is 2. The molecule has 3 N–H and O–H groups in total. The van der Waals surface area contributed by atoms with Crippen molar-refractivity contribution in [2.24, 2.45) is 11.7 Å². The Morgan fingerprint density at radius 2 is 2.06 bits per heavy atom. The standard InChI is InChI=1S/C11H14Cl2N4O/c12-8-9(13)15-5-16-10(8)17-11(18)6-3-1-2-4-7(6)14/h5-7H,1-4,14H2,(H,15,16,17,18). The van der Waals surface area contributed by atoms with Gasteiger partial charge >= 0.3 is 0 Å². The van der Waals surface area contributed by atoms with Gasteiger partial charge in [0.2, 0.25) is 5.91 Å². The van der Waals surface area contributed by atoms with Crippen LogP contribution in [0.4, 0.5) is 5.82 Å². The Hall–Kier alpha value is -0.910. The first kappa shape index (κ1) is 13.5. The quantitative estimate of drug-likeness (QED) is 0.818. The predicted octanol–water partition coefficient (Wildman–Crippen LogP) is 2.24. The highest BCUT2D eigenvalue weighted by atomic mass is 35.5. The molecule has 1 aromatic rings. The van der Waals surface area contributed by atoms with Crippen LogP contribution in [-0.4, -0.2) is 21.9 Å². The van der Waals surface area contributed by atoms with Gasteiger partial charge in [-0.15, -0.1) is 0 Å². The van der Waals surface area contributed by atoms with Gasteiger partial charge in [0.05, 0.1) is 5.92 Å². The maximum absolute atomic E-state index is 12.1. The van der Waals surface area contributed by atoms with Crippen molar-refractivity contribution in [1.29, 1.82) is 0 Å². The zero-order valence-electron chi connectivity index (χ0n) is 9.70. The van der Waals surface area contributed by atoms with E-state index in [0.29, 0.717) is 0 Å². The topological polar surface area (TPSA) is 80.9 Å². The molecule has 2 atom stereocenters. The summed E-state index contributed by atoms with van der Waals surface area (Å²) in [4.78, 5) is 19.7. The van der Waals surface area contributed by atoms with E-state index in [1.807, 2.05) is 0 Å². The molecular weight excluding hydrogens is 275 g/mol. The number of amides is 1. The molecule has 18 heavy (non-hydrogen) atoms. The van der Waals surface area contributed by atoms with Crippen LogP contribution in [-0.2, 0) is 4.79 Å². The van der Waals surface area contributed by atoms with Crippen LogP contribution in [0.1, 0.15) is 25.7 Å². The lowest BCUT2D eigenvalue weighted by Crippen LogP contribution is -2.40. The van der Waals surface area contributed by atoms with Gasteiger partial charge in [0, 0.05) is 6.04 Å². The van der Waals surface area contributed by atoms with Crippen molar-refractivity contribution >= 4 is 34.9 Å². The smallest absolute Gasteiger partial charge is 0.230 e. The molecule has 2 unspecified atom stereocenters. The minimum atomic E-state index is -0.191. The largest absolute Gasteiger partial charge is 0.327 e. The Labute approximate surface area is 115 Å². The molecule has 98 valence electrons. The third-order valence-corrected chi connectivity index (χ3v) is 3.89. The fraction of sp³-hybridized carbons (Fsp3) is 0.545. The Morgan fingerprint density at radius 1 is 1.33 bits per heavy atom. The molecule has 0 saturated heterocycles. The van der Waals surface area contributed by atoms with Crippen molar-refractivity contribution in [3.05, 3.63) is 16.5 Å². The summed E-state index contributed by atoms with van der Waals surface area (Å²) >= 11 is 11.7. The minimum Gasteiger partial charge on any atom is -0.327 e. The van der Waals surface area contributed by atoms with Gasteiger partial charge in [-0.05, 0) is 12.8 Å². The van der Waals surface area contributed by atoms with E-state index in [1.165, 1.54) is 6.33 Å². The highest BCUT2D eigenvalue weighted by Gasteiger charge is 2.28. The Balaban J connectivity index is 2.09. The summed E-state index contributed by atoms with van der Waals surface area (Å²) < 4.78 is 0. The van der Waals surface area contributed by atoms with Crippen molar-refractivity contribution in [2.75, 3.05) is 5.32 Å². The molecule has 0 aromatic carbocycles. The lowest BCUT2D eigenvalue weighted by Gasteiger charge is -2.27. The molecule has 1 amide bonds. The molecule has 1 aromatic heterocycles. The molecule has 1 saturated carbocycles. The number of nitrogens with zero attached hydrogens (tertiary/aromatic N) is 2. The van der Waals surface area contributed by atoms with E-state index < -0.39 is 0 Å². The summed E-state index contributed by atoms with van der Waals surface area (Å²) in [7, 11) is 0. The second-order valence-corrected chi connectivity index (χ2v) is 5.11. The summed E-state index contributed by atoms with van der Waals surface area (Å²) in [6.45, 7) is 0. The van der Waals surface area contributed by atoms with E-state index in [4.69, 9.17) is 28.9 Å². The Bertz CT molecular complexity index is 455. The van der Waals surface area contributed by atoms with Crippen molar-refractivity contribution in [3.8, 4) is 0 Å². The van der Waals surface area contributed by atoms with Crippen LogP contribution in [0.15, 0.2) is 6.33 Å². The highest BCUT2D eigenvalue weighted by Crippen LogP contribution is 2.28. The third kappa shape index (κ3) is 2.91. The fourth-order valence-electron chi connectivity index (χ4n) is 2.13. The number of halogens is 2. The zero-order chi connectivity index (χ0) is 13.1. The number of carbonyl (C=O) groups excluding carboxylic acids is 1. The molecule has 7 heteroatoms. The summed E-state index contributed by atoms with van der Waals surface area (Å²) in [6, 6.07) is -0.102. The Morgan fingerprint density at radius 3 is 2.78 bits per heavy atom. The van der Waals surface area contributed by atoms with Crippen molar-refractivity contribution in [2.45, 2.75) is 31.7 Å². The number of aromatic nitrogens is 2. The molecule has 0 aliphatic heterocycles. The van der Waals surface area contributed by atoms with Gasteiger partial charge in [0.25, 0.3) is 0 Å². The number of nitrogens with one attached hydrogen (secondary N) is 1. The second-order valence-electron chi connectivity index (χ2n) is 4.37. The number of carbonyl (C=O) groups is 1. The SMILES string of the molecule is NC1CCCCC1C(=O)Nc1ncnc(Cl)c1Cl. The molecule has 1 fully saturated rings. The van der Waals surface area contributed by atoms with Crippen LogP contribution in [0.3, 0.4) is 0 Å². The zero-order valence-corrected chi connectivity index (χ0v) is 11.2. The molecule has 2 rings (SSSR count). The molecule has 0 bridgehead atoms. The number of nitrogens with two attached hydrogens (primary N) is 1. The number of anilines is 1. The third-order valence-electron chi connectivity index (χ3n) is 3.14. The average molecular weight is 289 g/mol. The van der Waals surface area contributed by atoms with Crippen molar-refractivity contribution in [3.63, 3.8) is 0 Å². The molecule has 0 spiro atoms. The van der Waals surface area contributed by atoms with Gasteiger partial charge < -0.3 is 11.1 Å². The number of hydrogen-bond acceptors (Lipinski definition) is 4. The molecule has 1 aliphatic carbocycles. The van der Waals surface area contributed by atoms with E-state index in [1.54, 1.807) is 0 Å². The van der Waals surface area contributed by atoms with Gasteiger partial charge in [-0.25, -0.2) is 9.97 Å². The average Bonchev–Trinajstić information content (AvgIpc) is 2.35. The van der Waals surface area contributed by atoms with Crippen LogP contribution in [0.2, 0.25) is 10.2 Å². The summed E-state index contributed by atoms with van der Waals surface area (Å²) in [6.07, 6.45) is 5.01. The lowest BCUT2D eigenvalue weighted by atomic mass is 9.84. The fourth-order valence-corrected chi connectivity index (χ4v) is 2.41. The molecule has 5 nitrogen and oxygen atoms in total. The van der Waals surface area contributed by atoms with E-state index in [0.717, 1.165) is 25.7 Å². The van der Waals surface area contributed by atoms with Gasteiger partial charge in [-0.3, -0.25) is 4.79 Å². The number of rotatable bonds is 2. The van der Waals surface area contributed by atoms with Gasteiger partial charge in [-0.2, -0.15) is 0 Å². The Kier molecular flexibility index (Phi) is 4.37. The van der Waals surface area contributed by atoms with Crippen molar-refractivity contribution in [1.82, 2.24) is 9.97 Å². The van der Waals surface area contributed by atoms with E-state index >= 15 is 0 Å². The first-order valence-electron chi connectivity index (χ1n) is 5.82. The van der Waals surface area contributed by atoms with Gasteiger partial charge in [0.1, 0.15) is 11.3 Å². The maximum atomic E-state index is 12.1. The first-order valence-corrected chi connectivity index (χ1v) is 6.57.